The number of nitrogens with zero attached hydrogens (tertiary/aromatic N) is 1. The van der Waals surface area contributed by atoms with Gasteiger partial charge in [-0.1, -0.05) is 12.1 Å². The van der Waals surface area contributed by atoms with Crippen LogP contribution in [0.3, 0.4) is 0 Å². The fraction of sp³-hybridized carbons (Fsp3) is 0.176. The number of carbonyl (C=O) groups excluding carboxylic acids is 1. The lowest BCUT2D eigenvalue weighted by Crippen LogP contribution is -2.23. The van der Waals surface area contributed by atoms with Crippen molar-refractivity contribution in [3.05, 3.63) is 72.6 Å². The molecular formula is C17H19N3O. The van der Waals surface area contributed by atoms with Gasteiger partial charge in [-0.15, -0.1) is 6.58 Å². The Morgan fingerprint density at radius 3 is 2.67 bits per heavy atom. The molecule has 2 rings (SSSR count). The topological polar surface area (TPSA) is 54.0 Å². The third-order valence-electron chi connectivity index (χ3n) is 3.07. The molecule has 0 aliphatic carbocycles. The van der Waals surface area contributed by atoms with E-state index in [4.69, 9.17) is 0 Å². The van der Waals surface area contributed by atoms with E-state index < -0.39 is 0 Å². The molecule has 2 aromatic rings. The minimum absolute atomic E-state index is 0.0979. The minimum Gasteiger partial charge on any atom is -0.377 e. The maximum absolute atomic E-state index is 11.8. The Hall–Kier alpha value is -2.62. The first-order chi connectivity index (χ1) is 10.2. The summed E-state index contributed by atoms with van der Waals surface area (Å²) in [5.74, 6) is -0.0979. The van der Waals surface area contributed by atoms with Crippen molar-refractivity contribution in [3.8, 4) is 0 Å². The predicted octanol–water partition coefficient (Wildman–Crippen LogP) is 3.17. The Balaban J connectivity index is 1.99. The molecule has 108 valence electrons. The Morgan fingerprint density at radius 1 is 1.29 bits per heavy atom. The second-order valence-corrected chi connectivity index (χ2v) is 4.70. The van der Waals surface area contributed by atoms with Crippen molar-refractivity contribution in [2.24, 2.45) is 0 Å². The van der Waals surface area contributed by atoms with Gasteiger partial charge in [0.25, 0.3) is 5.91 Å². The van der Waals surface area contributed by atoms with Gasteiger partial charge < -0.3 is 10.6 Å². The molecule has 0 aliphatic rings. The largest absolute Gasteiger partial charge is 0.377 e. The van der Waals surface area contributed by atoms with Gasteiger partial charge in [0.1, 0.15) is 0 Å². The SMILES string of the molecule is C=CCNC(=O)c1ccc(NC(C)c2ccccn2)cc1. The van der Waals surface area contributed by atoms with Crippen LogP contribution in [0.25, 0.3) is 0 Å². The molecule has 4 nitrogen and oxygen atoms in total. The summed E-state index contributed by atoms with van der Waals surface area (Å²) in [6.07, 6.45) is 3.43. The lowest BCUT2D eigenvalue weighted by molar-refractivity contribution is 0.0958. The first kappa shape index (κ1) is 14.8. The Bertz CT molecular complexity index is 593. The normalized spacial score (nSPS) is 11.5. The van der Waals surface area contributed by atoms with Gasteiger partial charge in [0.15, 0.2) is 0 Å². The summed E-state index contributed by atoms with van der Waals surface area (Å²) in [4.78, 5) is 16.1. The zero-order chi connectivity index (χ0) is 15.1. The highest BCUT2D eigenvalue weighted by atomic mass is 16.1. The number of aromatic nitrogens is 1. The number of nitrogens with one attached hydrogen (secondary N) is 2. The summed E-state index contributed by atoms with van der Waals surface area (Å²) in [7, 11) is 0. The minimum atomic E-state index is -0.0979. The second kappa shape index (κ2) is 7.24. The van der Waals surface area contributed by atoms with Crippen LogP contribution in [0.2, 0.25) is 0 Å². The fourth-order valence-corrected chi connectivity index (χ4v) is 1.94. The third-order valence-corrected chi connectivity index (χ3v) is 3.07. The van der Waals surface area contributed by atoms with Gasteiger partial charge in [-0.05, 0) is 43.3 Å². The predicted molar refractivity (Wildman–Crippen MR) is 85.2 cm³/mol. The lowest BCUT2D eigenvalue weighted by Gasteiger charge is -2.15. The molecule has 21 heavy (non-hydrogen) atoms. The van der Waals surface area contributed by atoms with Crippen LogP contribution in [-0.4, -0.2) is 17.4 Å². The molecule has 1 amide bonds. The number of benzene rings is 1. The summed E-state index contributed by atoms with van der Waals surface area (Å²) >= 11 is 0. The van der Waals surface area contributed by atoms with Crippen LogP contribution in [0.1, 0.15) is 29.0 Å². The van der Waals surface area contributed by atoms with E-state index in [0.717, 1.165) is 11.4 Å². The fourth-order valence-electron chi connectivity index (χ4n) is 1.94. The molecule has 0 aliphatic heterocycles. The Kier molecular flexibility index (Phi) is 5.10. The van der Waals surface area contributed by atoms with Crippen LogP contribution in [0.15, 0.2) is 61.3 Å². The highest BCUT2D eigenvalue weighted by molar-refractivity contribution is 5.94. The average molecular weight is 281 g/mol. The molecule has 0 saturated heterocycles. The van der Waals surface area contributed by atoms with E-state index in [0.29, 0.717) is 12.1 Å². The number of anilines is 1. The van der Waals surface area contributed by atoms with Gasteiger partial charge in [-0.25, -0.2) is 0 Å². The summed E-state index contributed by atoms with van der Waals surface area (Å²) in [5.41, 5.74) is 2.56. The molecule has 0 saturated carbocycles. The van der Waals surface area contributed by atoms with Gasteiger partial charge >= 0.3 is 0 Å². The van der Waals surface area contributed by atoms with Gasteiger partial charge in [-0.2, -0.15) is 0 Å². The van der Waals surface area contributed by atoms with E-state index in [1.807, 2.05) is 37.3 Å². The molecule has 1 aromatic heterocycles. The molecule has 1 heterocycles. The van der Waals surface area contributed by atoms with Crippen molar-refractivity contribution < 1.29 is 4.79 Å². The zero-order valence-electron chi connectivity index (χ0n) is 12.0. The van der Waals surface area contributed by atoms with Crippen LogP contribution >= 0.6 is 0 Å². The monoisotopic (exact) mass is 281 g/mol. The highest BCUT2D eigenvalue weighted by Crippen LogP contribution is 2.17. The molecule has 4 heteroatoms. The standard InChI is InChI=1S/C17H19N3O/c1-3-11-19-17(21)14-7-9-15(10-8-14)20-13(2)16-6-4-5-12-18-16/h3-10,12-13,20H,1,11H2,2H3,(H,19,21). The first-order valence-electron chi connectivity index (χ1n) is 6.87. The Labute approximate surface area is 124 Å². The molecular weight excluding hydrogens is 262 g/mol. The van der Waals surface area contributed by atoms with Crippen molar-refractivity contribution in [2.75, 3.05) is 11.9 Å². The van der Waals surface area contributed by atoms with Crippen molar-refractivity contribution in [3.63, 3.8) is 0 Å². The lowest BCUT2D eigenvalue weighted by atomic mass is 10.1. The number of carbonyl (C=O) groups is 1. The molecule has 1 unspecified atom stereocenters. The number of hydrogen-bond donors (Lipinski definition) is 2. The molecule has 1 aromatic carbocycles. The van der Waals surface area contributed by atoms with Crippen LogP contribution in [0.5, 0.6) is 0 Å². The van der Waals surface area contributed by atoms with Crippen LogP contribution in [-0.2, 0) is 0 Å². The number of hydrogen-bond acceptors (Lipinski definition) is 3. The highest BCUT2D eigenvalue weighted by Gasteiger charge is 2.07. The molecule has 0 fully saturated rings. The van der Waals surface area contributed by atoms with Gasteiger partial charge in [0.2, 0.25) is 0 Å². The smallest absolute Gasteiger partial charge is 0.251 e. The van der Waals surface area contributed by atoms with Crippen molar-refractivity contribution >= 4 is 11.6 Å². The molecule has 0 radical (unpaired) electrons. The van der Waals surface area contributed by atoms with Crippen molar-refractivity contribution in [1.82, 2.24) is 10.3 Å². The van der Waals surface area contributed by atoms with E-state index in [-0.39, 0.29) is 11.9 Å². The maximum atomic E-state index is 11.8. The van der Waals surface area contributed by atoms with Gasteiger partial charge in [-0.3, -0.25) is 9.78 Å². The van der Waals surface area contributed by atoms with Crippen LogP contribution < -0.4 is 10.6 Å². The third kappa shape index (κ3) is 4.18. The summed E-state index contributed by atoms with van der Waals surface area (Å²) in [6.45, 7) is 6.09. The second-order valence-electron chi connectivity index (χ2n) is 4.70. The summed E-state index contributed by atoms with van der Waals surface area (Å²) in [6, 6.07) is 13.3. The van der Waals surface area contributed by atoms with Gasteiger partial charge in [0, 0.05) is 24.0 Å². The zero-order valence-corrected chi connectivity index (χ0v) is 12.0. The van der Waals surface area contributed by atoms with Gasteiger partial charge in [0.05, 0.1) is 11.7 Å². The first-order valence-corrected chi connectivity index (χ1v) is 6.87. The Morgan fingerprint density at radius 2 is 2.05 bits per heavy atom. The van der Waals surface area contributed by atoms with E-state index in [9.17, 15) is 4.79 Å². The molecule has 0 spiro atoms. The van der Waals surface area contributed by atoms with Crippen LogP contribution in [0, 0.1) is 0 Å². The maximum Gasteiger partial charge on any atom is 0.251 e. The number of pyridine rings is 1. The van der Waals surface area contributed by atoms with E-state index in [1.165, 1.54) is 0 Å². The molecule has 2 N–H and O–H groups in total. The van der Waals surface area contributed by atoms with Crippen molar-refractivity contribution in [2.45, 2.75) is 13.0 Å². The molecule has 0 bridgehead atoms. The molecule has 1 atom stereocenters. The van der Waals surface area contributed by atoms with E-state index >= 15 is 0 Å². The summed E-state index contributed by atoms with van der Waals surface area (Å²) < 4.78 is 0. The van der Waals surface area contributed by atoms with Crippen molar-refractivity contribution in [1.29, 1.82) is 0 Å². The summed E-state index contributed by atoms with van der Waals surface area (Å²) in [5, 5.41) is 6.10. The number of amides is 1. The van der Waals surface area contributed by atoms with E-state index in [2.05, 4.69) is 22.2 Å². The number of rotatable bonds is 6. The van der Waals surface area contributed by atoms with E-state index in [1.54, 1.807) is 24.4 Å². The van der Waals surface area contributed by atoms with Crippen LogP contribution in [0.4, 0.5) is 5.69 Å². The quantitative estimate of drug-likeness (QED) is 0.800. The average Bonchev–Trinajstić information content (AvgIpc) is 2.54.